The molecule has 0 radical (unpaired) electrons. The summed E-state index contributed by atoms with van der Waals surface area (Å²) in [4.78, 5) is 19.8. The first kappa shape index (κ1) is 24.1. The second-order valence-corrected chi connectivity index (χ2v) is 8.64. The zero-order valence-electron chi connectivity index (χ0n) is 21.2. The molecule has 2 heterocycles. The SMILES string of the molecule is CCc1ccc(-c2noc(C3=C(C)N(c4ccccc4)C(=O)NC3c3ccc(OC)c(OC)c3)n2)cc1. The molecule has 0 aliphatic carbocycles. The van der Waals surface area contributed by atoms with Crippen molar-refractivity contribution in [1.29, 1.82) is 0 Å². The number of para-hydroxylation sites is 1. The van der Waals surface area contributed by atoms with E-state index in [1.54, 1.807) is 19.1 Å². The number of carbonyl (C=O) groups excluding carboxylic acids is 1. The van der Waals surface area contributed by atoms with Crippen LogP contribution < -0.4 is 19.7 Å². The summed E-state index contributed by atoms with van der Waals surface area (Å²) in [7, 11) is 3.16. The summed E-state index contributed by atoms with van der Waals surface area (Å²) in [5.41, 5.74) is 4.99. The van der Waals surface area contributed by atoms with Gasteiger partial charge in [-0.3, -0.25) is 4.90 Å². The lowest BCUT2D eigenvalue weighted by molar-refractivity contribution is 0.244. The van der Waals surface area contributed by atoms with Crippen LogP contribution in [0.5, 0.6) is 11.5 Å². The van der Waals surface area contributed by atoms with Gasteiger partial charge in [0.25, 0.3) is 5.89 Å². The molecule has 5 rings (SSSR count). The Balaban J connectivity index is 1.64. The molecular formula is C29H28N4O4. The Kier molecular flexibility index (Phi) is 6.64. The molecule has 8 nitrogen and oxygen atoms in total. The molecule has 0 spiro atoms. The lowest BCUT2D eigenvalue weighted by atomic mass is 9.94. The molecular weight excluding hydrogens is 468 g/mol. The van der Waals surface area contributed by atoms with Crippen molar-refractivity contribution in [2.24, 2.45) is 0 Å². The van der Waals surface area contributed by atoms with Gasteiger partial charge in [-0.15, -0.1) is 0 Å². The molecule has 2 amide bonds. The van der Waals surface area contributed by atoms with Crippen LogP contribution in [0.15, 0.2) is 83.0 Å². The number of aromatic nitrogens is 2. The van der Waals surface area contributed by atoms with E-state index in [2.05, 4.69) is 29.5 Å². The maximum Gasteiger partial charge on any atom is 0.326 e. The van der Waals surface area contributed by atoms with Gasteiger partial charge in [0.15, 0.2) is 11.5 Å². The van der Waals surface area contributed by atoms with Gasteiger partial charge in [0, 0.05) is 11.3 Å². The molecule has 1 N–H and O–H groups in total. The van der Waals surface area contributed by atoms with Crippen LogP contribution in [-0.2, 0) is 6.42 Å². The van der Waals surface area contributed by atoms with Crippen molar-refractivity contribution in [3.63, 3.8) is 0 Å². The van der Waals surface area contributed by atoms with E-state index in [0.717, 1.165) is 23.2 Å². The number of hydrogen-bond donors (Lipinski definition) is 1. The van der Waals surface area contributed by atoms with Crippen LogP contribution in [0.25, 0.3) is 17.0 Å². The zero-order chi connectivity index (χ0) is 25.9. The summed E-state index contributed by atoms with van der Waals surface area (Å²) in [5.74, 6) is 1.95. The van der Waals surface area contributed by atoms with Crippen molar-refractivity contribution in [3.8, 4) is 22.9 Å². The second-order valence-electron chi connectivity index (χ2n) is 8.64. The minimum absolute atomic E-state index is 0.262. The quantitative estimate of drug-likeness (QED) is 0.337. The molecule has 4 aromatic rings. The fraction of sp³-hybridized carbons (Fsp3) is 0.207. The summed E-state index contributed by atoms with van der Waals surface area (Å²) in [6.07, 6.45) is 0.950. The van der Waals surface area contributed by atoms with E-state index >= 15 is 0 Å². The molecule has 1 atom stereocenters. The number of rotatable bonds is 7. The summed E-state index contributed by atoms with van der Waals surface area (Å²) in [6, 6.07) is 22.3. The number of urea groups is 1. The molecule has 1 unspecified atom stereocenters. The van der Waals surface area contributed by atoms with E-state index < -0.39 is 6.04 Å². The molecule has 0 saturated carbocycles. The number of amides is 2. The number of allylic oxidation sites excluding steroid dienone is 1. The van der Waals surface area contributed by atoms with Crippen LogP contribution in [0, 0.1) is 0 Å². The lowest BCUT2D eigenvalue weighted by Crippen LogP contribution is -2.46. The van der Waals surface area contributed by atoms with Crippen LogP contribution in [-0.4, -0.2) is 30.4 Å². The lowest BCUT2D eigenvalue weighted by Gasteiger charge is -2.35. The third-order valence-corrected chi connectivity index (χ3v) is 6.52. The Morgan fingerprint density at radius 3 is 2.38 bits per heavy atom. The average Bonchev–Trinajstić information content (AvgIpc) is 3.42. The third kappa shape index (κ3) is 4.53. The zero-order valence-corrected chi connectivity index (χ0v) is 21.2. The highest BCUT2D eigenvalue weighted by atomic mass is 16.5. The van der Waals surface area contributed by atoms with Gasteiger partial charge in [-0.05, 0) is 48.7 Å². The van der Waals surface area contributed by atoms with Gasteiger partial charge in [0.05, 0.1) is 31.5 Å². The van der Waals surface area contributed by atoms with Crippen molar-refractivity contribution >= 4 is 17.3 Å². The summed E-state index contributed by atoms with van der Waals surface area (Å²) in [6.45, 7) is 4.00. The van der Waals surface area contributed by atoms with Crippen LogP contribution >= 0.6 is 0 Å². The molecule has 0 bridgehead atoms. The van der Waals surface area contributed by atoms with Crippen molar-refractivity contribution in [1.82, 2.24) is 15.5 Å². The van der Waals surface area contributed by atoms with E-state index in [0.29, 0.717) is 34.5 Å². The van der Waals surface area contributed by atoms with E-state index in [1.807, 2.05) is 67.6 Å². The highest BCUT2D eigenvalue weighted by Crippen LogP contribution is 2.41. The number of hydrogen-bond acceptors (Lipinski definition) is 6. The van der Waals surface area contributed by atoms with E-state index in [9.17, 15) is 4.79 Å². The summed E-state index contributed by atoms with van der Waals surface area (Å²) < 4.78 is 16.7. The van der Waals surface area contributed by atoms with Gasteiger partial charge in [0.2, 0.25) is 5.82 Å². The van der Waals surface area contributed by atoms with E-state index in [-0.39, 0.29) is 6.03 Å². The average molecular weight is 497 g/mol. The van der Waals surface area contributed by atoms with Gasteiger partial charge in [-0.1, -0.05) is 60.6 Å². The smallest absolute Gasteiger partial charge is 0.326 e. The second kappa shape index (κ2) is 10.2. The van der Waals surface area contributed by atoms with Crippen molar-refractivity contribution in [3.05, 3.63) is 95.5 Å². The number of methoxy groups -OCH3 is 2. The third-order valence-electron chi connectivity index (χ3n) is 6.52. The van der Waals surface area contributed by atoms with Crippen molar-refractivity contribution in [2.45, 2.75) is 26.3 Å². The first-order valence-corrected chi connectivity index (χ1v) is 12.1. The standard InChI is InChI=1S/C29H28N4O4/c1-5-19-11-13-20(14-12-19)27-31-28(37-32-27)25-18(2)33(22-9-7-6-8-10-22)29(34)30-26(25)21-15-16-23(35-3)24(17-21)36-4/h6-17,26H,5H2,1-4H3,(H,30,34). The molecule has 1 aliphatic rings. The molecule has 0 saturated heterocycles. The molecule has 3 aromatic carbocycles. The van der Waals surface area contributed by atoms with Gasteiger partial charge in [0.1, 0.15) is 0 Å². The Hall–Kier alpha value is -4.59. The van der Waals surface area contributed by atoms with Gasteiger partial charge in [-0.25, -0.2) is 4.79 Å². The highest BCUT2D eigenvalue weighted by molar-refractivity contribution is 6.01. The Labute approximate surface area is 215 Å². The maximum atomic E-state index is 13.4. The van der Waals surface area contributed by atoms with Crippen molar-refractivity contribution in [2.75, 3.05) is 19.1 Å². The van der Waals surface area contributed by atoms with Crippen LogP contribution in [0.2, 0.25) is 0 Å². The Bertz CT molecular complexity index is 1440. The highest BCUT2D eigenvalue weighted by Gasteiger charge is 2.36. The normalized spacial score (nSPS) is 15.5. The molecule has 1 aromatic heterocycles. The van der Waals surface area contributed by atoms with E-state index in [1.165, 1.54) is 5.56 Å². The number of anilines is 1. The van der Waals surface area contributed by atoms with Gasteiger partial charge >= 0.3 is 6.03 Å². The number of ether oxygens (including phenoxy) is 2. The number of nitrogens with zero attached hydrogens (tertiary/aromatic N) is 3. The Morgan fingerprint density at radius 2 is 1.70 bits per heavy atom. The first-order valence-electron chi connectivity index (χ1n) is 12.1. The predicted molar refractivity (Wildman–Crippen MR) is 141 cm³/mol. The largest absolute Gasteiger partial charge is 0.493 e. The van der Waals surface area contributed by atoms with Crippen LogP contribution in [0.1, 0.15) is 36.9 Å². The predicted octanol–water partition coefficient (Wildman–Crippen LogP) is 6.02. The number of carbonyl (C=O) groups is 1. The minimum atomic E-state index is -0.553. The minimum Gasteiger partial charge on any atom is -0.493 e. The fourth-order valence-corrected chi connectivity index (χ4v) is 4.53. The van der Waals surface area contributed by atoms with Crippen molar-refractivity contribution < 1.29 is 18.8 Å². The monoisotopic (exact) mass is 496 g/mol. The number of nitrogens with one attached hydrogen (secondary N) is 1. The van der Waals surface area contributed by atoms with Gasteiger partial charge < -0.3 is 19.3 Å². The molecule has 188 valence electrons. The van der Waals surface area contributed by atoms with Crippen LogP contribution in [0.3, 0.4) is 0 Å². The van der Waals surface area contributed by atoms with Crippen LogP contribution in [0.4, 0.5) is 10.5 Å². The molecule has 1 aliphatic heterocycles. The van der Waals surface area contributed by atoms with Gasteiger partial charge in [-0.2, -0.15) is 4.98 Å². The molecule has 0 fully saturated rings. The summed E-state index contributed by atoms with van der Waals surface area (Å²) >= 11 is 0. The number of aryl methyl sites for hydroxylation is 1. The fourth-order valence-electron chi connectivity index (χ4n) is 4.53. The molecule has 8 heteroatoms. The Morgan fingerprint density at radius 1 is 0.973 bits per heavy atom. The molecule has 37 heavy (non-hydrogen) atoms. The first-order chi connectivity index (χ1) is 18.0. The maximum absolute atomic E-state index is 13.4. The topological polar surface area (TPSA) is 89.7 Å². The number of benzene rings is 3. The van der Waals surface area contributed by atoms with E-state index in [4.69, 9.17) is 19.0 Å². The summed E-state index contributed by atoms with van der Waals surface area (Å²) in [5, 5.41) is 7.38.